The third kappa shape index (κ3) is 3.34. The fourth-order valence-electron chi connectivity index (χ4n) is 2.20. The van der Waals surface area contributed by atoms with E-state index in [-0.39, 0.29) is 11.9 Å². The molecule has 2 heteroatoms. The van der Waals surface area contributed by atoms with Gasteiger partial charge in [-0.05, 0) is 55.2 Å². The van der Waals surface area contributed by atoms with E-state index >= 15 is 0 Å². The maximum absolute atomic E-state index is 13.0. The predicted molar refractivity (Wildman–Crippen MR) is 79.0 cm³/mol. The summed E-state index contributed by atoms with van der Waals surface area (Å²) in [6.07, 6.45) is 0.957. The molecular weight excluding hydrogens is 237 g/mol. The second-order valence-electron chi connectivity index (χ2n) is 4.98. The molecule has 0 fully saturated rings. The Morgan fingerprint density at radius 1 is 1.05 bits per heavy atom. The first-order chi connectivity index (χ1) is 9.10. The SMILES string of the molecule is CCC(Nc1cc(C)ccc1C)c1ccc(F)cc1. The molecule has 1 atom stereocenters. The lowest BCUT2D eigenvalue weighted by Crippen LogP contribution is -2.10. The van der Waals surface area contributed by atoms with Gasteiger partial charge < -0.3 is 5.32 Å². The summed E-state index contributed by atoms with van der Waals surface area (Å²) in [5.41, 5.74) is 4.73. The summed E-state index contributed by atoms with van der Waals surface area (Å²) < 4.78 is 13.0. The van der Waals surface area contributed by atoms with Crippen LogP contribution in [0, 0.1) is 19.7 Å². The molecule has 0 amide bonds. The number of benzene rings is 2. The van der Waals surface area contributed by atoms with E-state index in [9.17, 15) is 4.39 Å². The average molecular weight is 257 g/mol. The quantitative estimate of drug-likeness (QED) is 0.812. The number of halogens is 1. The van der Waals surface area contributed by atoms with E-state index in [0.29, 0.717) is 0 Å². The molecule has 0 aliphatic heterocycles. The molecule has 0 spiro atoms. The zero-order valence-corrected chi connectivity index (χ0v) is 11.7. The molecule has 0 aliphatic rings. The third-order valence-electron chi connectivity index (χ3n) is 3.40. The van der Waals surface area contributed by atoms with Crippen molar-refractivity contribution in [1.29, 1.82) is 0 Å². The van der Waals surface area contributed by atoms with Crippen molar-refractivity contribution in [2.45, 2.75) is 33.2 Å². The summed E-state index contributed by atoms with van der Waals surface area (Å²) in [7, 11) is 0. The van der Waals surface area contributed by atoms with Crippen LogP contribution in [-0.4, -0.2) is 0 Å². The second kappa shape index (κ2) is 5.87. The monoisotopic (exact) mass is 257 g/mol. The van der Waals surface area contributed by atoms with Crippen LogP contribution in [0.3, 0.4) is 0 Å². The first-order valence-corrected chi connectivity index (χ1v) is 6.69. The molecule has 100 valence electrons. The molecule has 0 saturated heterocycles. The van der Waals surface area contributed by atoms with Crippen LogP contribution >= 0.6 is 0 Å². The van der Waals surface area contributed by atoms with Gasteiger partial charge in [-0.15, -0.1) is 0 Å². The van der Waals surface area contributed by atoms with Crippen LogP contribution in [0.1, 0.15) is 36.1 Å². The normalized spacial score (nSPS) is 12.2. The van der Waals surface area contributed by atoms with Gasteiger partial charge in [0.15, 0.2) is 0 Å². The van der Waals surface area contributed by atoms with Crippen molar-refractivity contribution in [3.63, 3.8) is 0 Å². The molecule has 0 aliphatic carbocycles. The van der Waals surface area contributed by atoms with Crippen LogP contribution < -0.4 is 5.32 Å². The van der Waals surface area contributed by atoms with E-state index in [0.717, 1.165) is 17.7 Å². The topological polar surface area (TPSA) is 12.0 Å². The fraction of sp³-hybridized carbons (Fsp3) is 0.294. The van der Waals surface area contributed by atoms with E-state index in [4.69, 9.17) is 0 Å². The average Bonchev–Trinajstić information content (AvgIpc) is 2.41. The van der Waals surface area contributed by atoms with Gasteiger partial charge in [0.25, 0.3) is 0 Å². The maximum atomic E-state index is 13.0. The van der Waals surface area contributed by atoms with Gasteiger partial charge in [0.05, 0.1) is 6.04 Å². The highest BCUT2D eigenvalue weighted by Gasteiger charge is 2.10. The van der Waals surface area contributed by atoms with Crippen LogP contribution in [0.15, 0.2) is 42.5 Å². The Bertz CT molecular complexity index is 546. The fourth-order valence-corrected chi connectivity index (χ4v) is 2.20. The summed E-state index contributed by atoms with van der Waals surface area (Å²) in [5.74, 6) is -0.190. The Hall–Kier alpha value is -1.83. The van der Waals surface area contributed by atoms with Gasteiger partial charge in [-0.2, -0.15) is 0 Å². The molecule has 2 rings (SSSR count). The minimum absolute atomic E-state index is 0.190. The first-order valence-electron chi connectivity index (χ1n) is 6.69. The van der Waals surface area contributed by atoms with E-state index in [1.54, 1.807) is 0 Å². The van der Waals surface area contributed by atoms with Crippen LogP contribution in [-0.2, 0) is 0 Å². The molecule has 0 aromatic heterocycles. The predicted octanol–water partition coefficient (Wildman–Crippen LogP) is 5.01. The van der Waals surface area contributed by atoms with Crippen LogP contribution in [0.5, 0.6) is 0 Å². The number of rotatable bonds is 4. The second-order valence-corrected chi connectivity index (χ2v) is 4.98. The highest BCUT2D eigenvalue weighted by Crippen LogP contribution is 2.25. The van der Waals surface area contributed by atoms with E-state index in [1.165, 1.54) is 23.3 Å². The highest BCUT2D eigenvalue weighted by atomic mass is 19.1. The zero-order valence-electron chi connectivity index (χ0n) is 11.7. The first kappa shape index (κ1) is 13.6. The van der Waals surface area contributed by atoms with Crippen molar-refractivity contribution in [2.75, 3.05) is 5.32 Å². The van der Waals surface area contributed by atoms with Gasteiger partial charge in [0, 0.05) is 5.69 Å². The lowest BCUT2D eigenvalue weighted by Gasteiger charge is -2.20. The molecule has 0 heterocycles. The van der Waals surface area contributed by atoms with Crippen molar-refractivity contribution in [2.24, 2.45) is 0 Å². The molecule has 2 aromatic carbocycles. The minimum atomic E-state index is -0.190. The standard InChI is InChI=1S/C17H20FN/c1-4-16(14-7-9-15(18)10-8-14)19-17-11-12(2)5-6-13(17)3/h5-11,16,19H,4H2,1-3H3. The largest absolute Gasteiger partial charge is 0.378 e. The smallest absolute Gasteiger partial charge is 0.123 e. The van der Waals surface area contributed by atoms with Crippen molar-refractivity contribution in [3.05, 3.63) is 65.0 Å². The van der Waals surface area contributed by atoms with Gasteiger partial charge >= 0.3 is 0 Å². The summed E-state index contributed by atoms with van der Waals surface area (Å²) in [4.78, 5) is 0. The third-order valence-corrected chi connectivity index (χ3v) is 3.40. The van der Waals surface area contributed by atoms with Gasteiger partial charge in [-0.1, -0.05) is 31.2 Å². The lowest BCUT2D eigenvalue weighted by atomic mass is 10.0. The molecule has 1 nitrogen and oxygen atoms in total. The maximum Gasteiger partial charge on any atom is 0.123 e. The minimum Gasteiger partial charge on any atom is -0.378 e. The molecule has 0 bridgehead atoms. The molecule has 1 unspecified atom stereocenters. The van der Waals surface area contributed by atoms with E-state index in [2.05, 4.69) is 44.3 Å². The van der Waals surface area contributed by atoms with Crippen LogP contribution in [0.4, 0.5) is 10.1 Å². The van der Waals surface area contributed by atoms with Crippen molar-refractivity contribution in [3.8, 4) is 0 Å². The molecule has 2 aromatic rings. The Labute approximate surface area is 114 Å². The van der Waals surface area contributed by atoms with Gasteiger partial charge in [-0.25, -0.2) is 4.39 Å². The number of hydrogen-bond donors (Lipinski definition) is 1. The van der Waals surface area contributed by atoms with Crippen molar-refractivity contribution in [1.82, 2.24) is 0 Å². The Morgan fingerprint density at radius 2 is 1.74 bits per heavy atom. The summed E-state index contributed by atoms with van der Waals surface area (Å²) >= 11 is 0. The highest BCUT2D eigenvalue weighted by molar-refractivity contribution is 5.54. The molecule has 0 radical (unpaired) electrons. The number of nitrogens with one attached hydrogen (secondary N) is 1. The summed E-state index contributed by atoms with van der Waals surface area (Å²) in [5, 5.41) is 3.55. The van der Waals surface area contributed by atoms with Crippen LogP contribution in [0.2, 0.25) is 0 Å². The summed E-state index contributed by atoms with van der Waals surface area (Å²) in [6, 6.07) is 13.3. The van der Waals surface area contributed by atoms with Crippen LogP contribution in [0.25, 0.3) is 0 Å². The Balaban J connectivity index is 2.23. The zero-order chi connectivity index (χ0) is 13.8. The van der Waals surface area contributed by atoms with E-state index in [1.807, 2.05) is 12.1 Å². The lowest BCUT2D eigenvalue weighted by molar-refractivity contribution is 0.625. The van der Waals surface area contributed by atoms with Crippen molar-refractivity contribution >= 4 is 5.69 Å². The van der Waals surface area contributed by atoms with Gasteiger partial charge in [0.2, 0.25) is 0 Å². The molecular formula is C17H20FN. The summed E-state index contributed by atoms with van der Waals surface area (Å²) in [6.45, 7) is 6.31. The Kier molecular flexibility index (Phi) is 4.20. The van der Waals surface area contributed by atoms with E-state index < -0.39 is 0 Å². The van der Waals surface area contributed by atoms with Crippen molar-refractivity contribution < 1.29 is 4.39 Å². The molecule has 0 saturated carbocycles. The number of anilines is 1. The molecule has 19 heavy (non-hydrogen) atoms. The Morgan fingerprint density at radius 3 is 2.37 bits per heavy atom. The number of aryl methyl sites for hydroxylation is 2. The van der Waals surface area contributed by atoms with Gasteiger partial charge in [0.1, 0.15) is 5.82 Å². The van der Waals surface area contributed by atoms with Gasteiger partial charge in [-0.3, -0.25) is 0 Å². The molecule has 1 N–H and O–H groups in total. The number of hydrogen-bond acceptors (Lipinski definition) is 1.